The van der Waals surface area contributed by atoms with Crippen LogP contribution in [0.4, 0.5) is 0 Å². The number of aryl methyl sites for hydroxylation is 2. The molecule has 1 amide bonds. The molecule has 134 valence electrons. The molecule has 8 heteroatoms. The molecule has 8 nitrogen and oxygen atoms in total. The summed E-state index contributed by atoms with van der Waals surface area (Å²) in [6.07, 6.45) is 5.35. The number of aromatic nitrogens is 4. The average molecular weight is 353 g/mol. The van der Waals surface area contributed by atoms with E-state index in [1.165, 1.54) is 5.56 Å². The van der Waals surface area contributed by atoms with E-state index < -0.39 is 0 Å². The van der Waals surface area contributed by atoms with Crippen molar-refractivity contribution in [2.24, 2.45) is 7.05 Å². The van der Waals surface area contributed by atoms with Gasteiger partial charge in [-0.15, -0.1) is 0 Å². The van der Waals surface area contributed by atoms with Gasteiger partial charge in [0.1, 0.15) is 0 Å². The van der Waals surface area contributed by atoms with Gasteiger partial charge in [0, 0.05) is 18.8 Å². The zero-order valence-corrected chi connectivity index (χ0v) is 14.3. The normalized spacial score (nSPS) is 15.8. The molecule has 0 aliphatic heterocycles. The molecule has 2 N–H and O–H groups in total. The molecular weight excluding hydrogens is 334 g/mol. The summed E-state index contributed by atoms with van der Waals surface area (Å²) in [5, 5.41) is 20.0. The third-order valence-electron chi connectivity index (χ3n) is 4.55. The van der Waals surface area contributed by atoms with E-state index in [-0.39, 0.29) is 18.6 Å². The Morgan fingerprint density at radius 3 is 3.12 bits per heavy atom. The predicted octanol–water partition coefficient (Wildman–Crippen LogP) is 1.42. The summed E-state index contributed by atoms with van der Waals surface area (Å²) in [5.74, 6) is 0.815. The lowest BCUT2D eigenvalue weighted by Gasteiger charge is -2.13. The van der Waals surface area contributed by atoms with Crippen molar-refractivity contribution in [3.05, 3.63) is 53.2 Å². The SMILES string of the molecule is Cn1cc(C(=O)N[C@@H]2CCc3cc(-c4noc(CCO)n4)ccc32)cn1. The highest BCUT2D eigenvalue weighted by Crippen LogP contribution is 2.33. The number of benzene rings is 1. The van der Waals surface area contributed by atoms with Gasteiger partial charge in [-0.1, -0.05) is 17.3 Å². The van der Waals surface area contributed by atoms with Gasteiger partial charge in [-0.25, -0.2) is 0 Å². The monoisotopic (exact) mass is 353 g/mol. The number of aliphatic hydroxyl groups is 1. The number of hydrogen-bond acceptors (Lipinski definition) is 6. The van der Waals surface area contributed by atoms with Crippen molar-refractivity contribution in [1.29, 1.82) is 0 Å². The van der Waals surface area contributed by atoms with Gasteiger partial charge in [0.05, 0.1) is 30.8 Å². The van der Waals surface area contributed by atoms with Crippen LogP contribution < -0.4 is 5.32 Å². The van der Waals surface area contributed by atoms with Crippen LogP contribution in [0.1, 0.15) is 39.8 Å². The van der Waals surface area contributed by atoms with Crippen molar-refractivity contribution in [3.63, 3.8) is 0 Å². The zero-order valence-electron chi connectivity index (χ0n) is 14.3. The van der Waals surface area contributed by atoms with Crippen LogP contribution in [0.3, 0.4) is 0 Å². The maximum absolute atomic E-state index is 12.4. The summed E-state index contributed by atoms with van der Waals surface area (Å²) in [7, 11) is 1.78. The largest absolute Gasteiger partial charge is 0.396 e. The predicted molar refractivity (Wildman–Crippen MR) is 92.3 cm³/mol. The van der Waals surface area contributed by atoms with Crippen molar-refractivity contribution >= 4 is 5.91 Å². The number of amides is 1. The van der Waals surface area contributed by atoms with Crippen LogP contribution >= 0.6 is 0 Å². The van der Waals surface area contributed by atoms with Gasteiger partial charge in [0.25, 0.3) is 5.91 Å². The number of hydrogen-bond donors (Lipinski definition) is 2. The number of aliphatic hydroxyl groups excluding tert-OH is 1. The third-order valence-corrected chi connectivity index (χ3v) is 4.55. The van der Waals surface area contributed by atoms with Crippen LogP contribution in [0.15, 0.2) is 35.1 Å². The van der Waals surface area contributed by atoms with E-state index in [1.807, 2.05) is 18.2 Å². The van der Waals surface area contributed by atoms with E-state index in [1.54, 1.807) is 24.1 Å². The lowest BCUT2D eigenvalue weighted by atomic mass is 10.0. The van der Waals surface area contributed by atoms with Crippen LogP contribution in [0.2, 0.25) is 0 Å². The Morgan fingerprint density at radius 1 is 1.46 bits per heavy atom. The first-order valence-corrected chi connectivity index (χ1v) is 8.50. The molecule has 1 aliphatic carbocycles. The number of rotatable bonds is 5. The second-order valence-corrected chi connectivity index (χ2v) is 6.37. The van der Waals surface area contributed by atoms with Crippen molar-refractivity contribution in [2.75, 3.05) is 6.61 Å². The van der Waals surface area contributed by atoms with Crippen LogP contribution in [0.5, 0.6) is 0 Å². The number of carbonyl (C=O) groups is 1. The Labute approximate surface area is 149 Å². The van der Waals surface area contributed by atoms with Gasteiger partial charge < -0.3 is 14.9 Å². The molecular formula is C18H19N5O3. The van der Waals surface area contributed by atoms with Crippen LogP contribution in [0.25, 0.3) is 11.4 Å². The van der Waals surface area contributed by atoms with E-state index >= 15 is 0 Å². The smallest absolute Gasteiger partial charge is 0.254 e. The fourth-order valence-electron chi connectivity index (χ4n) is 3.26. The van der Waals surface area contributed by atoms with Crippen molar-refractivity contribution in [3.8, 4) is 11.4 Å². The quantitative estimate of drug-likeness (QED) is 0.719. The molecule has 0 saturated carbocycles. The minimum Gasteiger partial charge on any atom is -0.396 e. The van der Waals surface area contributed by atoms with Gasteiger partial charge in [0.2, 0.25) is 11.7 Å². The van der Waals surface area contributed by atoms with E-state index in [9.17, 15) is 4.79 Å². The molecule has 0 saturated heterocycles. The fraction of sp³-hybridized carbons (Fsp3) is 0.333. The summed E-state index contributed by atoms with van der Waals surface area (Å²) in [4.78, 5) is 16.6. The van der Waals surface area contributed by atoms with E-state index in [0.29, 0.717) is 23.7 Å². The average Bonchev–Trinajstić information content (AvgIpc) is 3.35. The molecule has 1 atom stereocenters. The molecule has 0 spiro atoms. The summed E-state index contributed by atoms with van der Waals surface area (Å²) >= 11 is 0. The molecule has 1 aromatic carbocycles. The third kappa shape index (κ3) is 3.11. The van der Waals surface area contributed by atoms with Crippen molar-refractivity contribution < 1.29 is 14.4 Å². The second-order valence-electron chi connectivity index (χ2n) is 6.37. The molecule has 0 fully saturated rings. The van der Waals surface area contributed by atoms with E-state index in [4.69, 9.17) is 9.63 Å². The minimum absolute atomic E-state index is 0.0121. The molecule has 2 aromatic heterocycles. The summed E-state index contributed by atoms with van der Waals surface area (Å²) < 4.78 is 6.73. The van der Waals surface area contributed by atoms with Crippen molar-refractivity contribution in [2.45, 2.75) is 25.3 Å². The molecule has 0 unspecified atom stereocenters. The Morgan fingerprint density at radius 2 is 2.35 bits per heavy atom. The Hall–Kier alpha value is -3.00. The highest BCUT2D eigenvalue weighted by Gasteiger charge is 2.25. The van der Waals surface area contributed by atoms with Gasteiger partial charge in [-0.05, 0) is 30.0 Å². The molecule has 0 radical (unpaired) electrons. The molecule has 2 heterocycles. The zero-order chi connectivity index (χ0) is 18.1. The standard InChI is InChI=1S/C18H19N5O3/c1-23-10-13(9-19-23)18(25)20-15-5-3-11-8-12(2-4-14(11)15)17-21-16(6-7-24)26-22-17/h2,4,8-10,15,24H,3,5-7H2,1H3,(H,20,25)/t15-/m1/s1. The molecule has 4 rings (SSSR count). The molecule has 3 aromatic rings. The number of nitrogens with one attached hydrogen (secondary N) is 1. The van der Waals surface area contributed by atoms with Gasteiger partial charge in [-0.2, -0.15) is 10.1 Å². The highest BCUT2D eigenvalue weighted by molar-refractivity contribution is 5.94. The fourth-order valence-corrected chi connectivity index (χ4v) is 3.26. The van der Waals surface area contributed by atoms with Gasteiger partial charge in [-0.3, -0.25) is 9.48 Å². The Bertz CT molecular complexity index is 946. The van der Waals surface area contributed by atoms with Crippen molar-refractivity contribution in [1.82, 2.24) is 25.2 Å². The summed E-state index contributed by atoms with van der Waals surface area (Å²) in [6.45, 7) is -0.0237. The topological polar surface area (TPSA) is 106 Å². The maximum atomic E-state index is 12.4. The Balaban J connectivity index is 1.51. The summed E-state index contributed by atoms with van der Waals surface area (Å²) in [6, 6.07) is 5.97. The van der Waals surface area contributed by atoms with Gasteiger partial charge in [0.15, 0.2) is 0 Å². The molecule has 26 heavy (non-hydrogen) atoms. The van der Waals surface area contributed by atoms with Crippen LogP contribution in [-0.4, -0.2) is 37.5 Å². The number of fused-ring (bicyclic) bond motifs is 1. The first-order valence-electron chi connectivity index (χ1n) is 8.50. The van der Waals surface area contributed by atoms with E-state index in [2.05, 4.69) is 20.6 Å². The van der Waals surface area contributed by atoms with Crippen LogP contribution in [0, 0.1) is 0 Å². The highest BCUT2D eigenvalue weighted by atomic mass is 16.5. The first kappa shape index (κ1) is 16.5. The molecule has 0 bridgehead atoms. The first-order chi connectivity index (χ1) is 12.6. The molecule has 1 aliphatic rings. The minimum atomic E-state index is -0.119. The van der Waals surface area contributed by atoms with Gasteiger partial charge >= 0.3 is 0 Å². The lowest BCUT2D eigenvalue weighted by molar-refractivity contribution is 0.0936. The van der Waals surface area contributed by atoms with Crippen LogP contribution in [-0.2, 0) is 19.9 Å². The second kappa shape index (κ2) is 6.72. The number of carbonyl (C=O) groups excluding carboxylic acids is 1. The summed E-state index contributed by atoms with van der Waals surface area (Å²) in [5.41, 5.74) is 3.72. The maximum Gasteiger partial charge on any atom is 0.254 e. The Kier molecular flexibility index (Phi) is 4.26. The lowest BCUT2D eigenvalue weighted by Crippen LogP contribution is -2.26. The van der Waals surface area contributed by atoms with E-state index in [0.717, 1.165) is 24.0 Å². The number of nitrogens with zero attached hydrogens (tertiary/aromatic N) is 4.